The van der Waals surface area contributed by atoms with Gasteiger partial charge in [0.25, 0.3) is 5.91 Å². The van der Waals surface area contributed by atoms with Crippen LogP contribution in [0.2, 0.25) is 0 Å². The summed E-state index contributed by atoms with van der Waals surface area (Å²) in [5.41, 5.74) is 1.46. The Morgan fingerprint density at radius 1 is 0.727 bits per heavy atom. The van der Waals surface area contributed by atoms with Crippen LogP contribution >= 0.6 is 0 Å². The Hall–Kier alpha value is -2.42. The lowest BCUT2D eigenvalue weighted by atomic mass is 10.0. The summed E-state index contributed by atoms with van der Waals surface area (Å²) in [5.74, 6) is 0.148. The Morgan fingerprint density at radius 2 is 1.32 bits per heavy atom. The average Bonchev–Trinajstić information content (AvgIpc) is 2.59. The van der Waals surface area contributed by atoms with Gasteiger partial charge in [-0.15, -0.1) is 0 Å². The highest BCUT2D eigenvalue weighted by Crippen LogP contribution is 2.07. The van der Waals surface area contributed by atoms with Crippen LogP contribution in [-0.4, -0.2) is 18.2 Å². The number of nitrogens with one attached hydrogen (secondary N) is 1. The molecule has 0 aliphatic heterocycles. The third-order valence-corrected chi connectivity index (χ3v) is 3.50. The molecule has 0 aromatic heterocycles. The molecule has 1 N–H and O–H groups in total. The molecule has 114 valence electrons. The van der Waals surface area contributed by atoms with Crippen molar-refractivity contribution >= 4 is 11.7 Å². The normalized spacial score (nSPS) is 10.2. The van der Waals surface area contributed by atoms with E-state index in [0.29, 0.717) is 18.5 Å². The number of carbonyl (C=O) groups is 2. The minimum absolute atomic E-state index is 0.0408. The van der Waals surface area contributed by atoms with E-state index < -0.39 is 0 Å². The Morgan fingerprint density at radius 3 is 1.95 bits per heavy atom. The highest BCUT2D eigenvalue weighted by atomic mass is 16.1. The molecular weight excluding hydrogens is 274 g/mol. The van der Waals surface area contributed by atoms with Crippen LogP contribution in [0.3, 0.4) is 0 Å². The van der Waals surface area contributed by atoms with E-state index in [1.165, 1.54) is 0 Å². The Balaban J connectivity index is 1.58. The SMILES string of the molecule is O=C(CCCCCNC(=O)c1ccccc1)c1ccccc1. The molecule has 3 heteroatoms. The third kappa shape index (κ3) is 5.17. The first-order valence-corrected chi connectivity index (χ1v) is 7.69. The van der Waals surface area contributed by atoms with Gasteiger partial charge in [-0.2, -0.15) is 0 Å². The molecule has 2 aromatic rings. The predicted molar refractivity (Wildman–Crippen MR) is 88.0 cm³/mol. The predicted octanol–water partition coefficient (Wildman–Crippen LogP) is 3.86. The fraction of sp³-hybridized carbons (Fsp3) is 0.263. The summed E-state index contributed by atoms with van der Waals surface area (Å²) in [5, 5.41) is 2.89. The first-order valence-electron chi connectivity index (χ1n) is 7.69. The van der Waals surface area contributed by atoms with Gasteiger partial charge in [0.15, 0.2) is 5.78 Å². The first kappa shape index (κ1) is 16.0. The van der Waals surface area contributed by atoms with E-state index in [9.17, 15) is 9.59 Å². The summed E-state index contributed by atoms with van der Waals surface area (Å²) in [7, 11) is 0. The molecule has 1 amide bonds. The lowest BCUT2D eigenvalue weighted by Crippen LogP contribution is -2.24. The van der Waals surface area contributed by atoms with Crippen LogP contribution in [0.4, 0.5) is 0 Å². The zero-order valence-electron chi connectivity index (χ0n) is 12.6. The van der Waals surface area contributed by atoms with Crippen LogP contribution in [0.5, 0.6) is 0 Å². The number of ketones is 1. The Kier molecular flexibility index (Phi) is 6.37. The van der Waals surface area contributed by atoms with E-state index in [0.717, 1.165) is 24.8 Å². The maximum atomic E-state index is 11.9. The topological polar surface area (TPSA) is 46.2 Å². The van der Waals surface area contributed by atoms with Gasteiger partial charge in [-0.05, 0) is 25.0 Å². The number of hydrogen-bond donors (Lipinski definition) is 1. The second kappa shape index (κ2) is 8.78. The van der Waals surface area contributed by atoms with E-state index >= 15 is 0 Å². The summed E-state index contributed by atoms with van der Waals surface area (Å²) < 4.78 is 0. The van der Waals surface area contributed by atoms with Crippen molar-refractivity contribution in [2.24, 2.45) is 0 Å². The second-order valence-electron chi connectivity index (χ2n) is 5.22. The van der Waals surface area contributed by atoms with Gasteiger partial charge in [-0.25, -0.2) is 0 Å². The monoisotopic (exact) mass is 295 g/mol. The third-order valence-electron chi connectivity index (χ3n) is 3.50. The van der Waals surface area contributed by atoms with Gasteiger partial charge in [0.05, 0.1) is 0 Å². The lowest BCUT2D eigenvalue weighted by molar-refractivity contribution is 0.0947. The minimum atomic E-state index is -0.0408. The molecule has 2 rings (SSSR count). The number of hydrogen-bond acceptors (Lipinski definition) is 2. The van der Waals surface area contributed by atoms with Crippen molar-refractivity contribution in [1.29, 1.82) is 0 Å². The molecule has 0 heterocycles. The summed E-state index contributed by atoms with van der Waals surface area (Å²) in [6.45, 7) is 0.646. The standard InChI is InChI=1S/C19H21NO2/c21-18(16-10-4-1-5-11-16)14-8-3-9-15-20-19(22)17-12-6-2-7-13-17/h1-2,4-7,10-13H,3,8-9,14-15H2,(H,20,22). The van der Waals surface area contributed by atoms with Crippen LogP contribution in [0.25, 0.3) is 0 Å². The van der Waals surface area contributed by atoms with Crippen molar-refractivity contribution in [3.05, 3.63) is 71.8 Å². The number of amides is 1. The molecule has 0 atom stereocenters. The maximum absolute atomic E-state index is 11.9. The lowest BCUT2D eigenvalue weighted by Gasteiger charge is -2.05. The second-order valence-corrected chi connectivity index (χ2v) is 5.22. The van der Waals surface area contributed by atoms with E-state index in [4.69, 9.17) is 0 Å². The fourth-order valence-electron chi connectivity index (χ4n) is 2.25. The van der Waals surface area contributed by atoms with E-state index in [1.807, 2.05) is 48.5 Å². The summed E-state index contributed by atoms with van der Waals surface area (Å²) in [6.07, 6.45) is 3.25. The van der Waals surface area contributed by atoms with Gasteiger partial charge in [0.1, 0.15) is 0 Å². The fourth-order valence-corrected chi connectivity index (χ4v) is 2.25. The zero-order valence-corrected chi connectivity index (χ0v) is 12.6. The van der Waals surface area contributed by atoms with Crippen molar-refractivity contribution in [3.63, 3.8) is 0 Å². The van der Waals surface area contributed by atoms with Crippen LogP contribution < -0.4 is 5.32 Å². The number of carbonyl (C=O) groups excluding carboxylic acids is 2. The molecule has 0 fully saturated rings. The molecule has 0 spiro atoms. The van der Waals surface area contributed by atoms with Gasteiger partial charge in [-0.3, -0.25) is 9.59 Å². The molecule has 0 radical (unpaired) electrons. The van der Waals surface area contributed by atoms with Crippen molar-refractivity contribution < 1.29 is 9.59 Å². The molecule has 0 aliphatic carbocycles. The van der Waals surface area contributed by atoms with Gasteiger partial charge in [0.2, 0.25) is 0 Å². The van der Waals surface area contributed by atoms with Gasteiger partial charge in [0, 0.05) is 24.1 Å². The van der Waals surface area contributed by atoms with Crippen LogP contribution in [0.1, 0.15) is 46.4 Å². The maximum Gasteiger partial charge on any atom is 0.251 e. The Labute approximate surface area is 131 Å². The Bertz CT molecular complexity index is 538. The van der Waals surface area contributed by atoms with Crippen LogP contribution in [0.15, 0.2) is 60.7 Å². The molecule has 0 saturated carbocycles. The molecular formula is C19H21NO2. The number of benzene rings is 2. The number of rotatable bonds is 8. The quantitative estimate of drug-likeness (QED) is 0.594. The van der Waals surface area contributed by atoms with Crippen molar-refractivity contribution in [3.8, 4) is 0 Å². The van der Waals surface area contributed by atoms with Crippen LogP contribution in [-0.2, 0) is 0 Å². The van der Waals surface area contributed by atoms with Gasteiger partial charge >= 0.3 is 0 Å². The van der Waals surface area contributed by atoms with Crippen molar-refractivity contribution in [2.75, 3.05) is 6.54 Å². The molecule has 0 saturated heterocycles. The molecule has 0 bridgehead atoms. The molecule has 2 aromatic carbocycles. The van der Waals surface area contributed by atoms with Gasteiger partial charge in [-0.1, -0.05) is 55.0 Å². The molecule has 0 unspecified atom stereocenters. The largest absolute Gasteiger partial charge is 0.352 e. The highest BCUT2D eigenvalue weighted by Gasteiger charge is 2.05. The smallest absolute Gasteiger partial charge is 0.251 e. The summed E-state index contributed by atoms with van der Waals surface area (Å²) in [4.78, 5) is 23.7. The highest BCUT2D eigenvalue weighted by molar-refractivity contribution is 5.96. The van der Waals surface area contributed by atoms with E-state index in [-0.39, 0.29) is 11.7 Å². The van der Waals surface area contributed by atoms with Crippen molar-refractivity contribution in [1.82, 2.24) is 5.32 Å². The van der Waals surface area contributed by atoms with Crippen LogP contribution in [0, 0.1) is 0 Å². The van der Waals surface area contributed by atoms with E-state index in [1.54, 1.807) is 12.1 Å². The first-order chi connectivity index (χ1) is 10.8. The molecule has 22 heavy (non-hydrogen) atoms. The zero-order chi connectivity index (χ0) is 15.6. The average molecular weight is 295 g/mol. The van der Waals surface area contributed by atoms with Crippen molar-refractivity contribution in [2.45, 2.75) is 25.7 Å². The number of unbranched alkanes of at least 4 members (excludes halogenated alkanes) is 2. The summed E-state index contributed by atoms with van der Waals surface area (Å²) in [6, 6.07) is 18.6. The molecule has 3 nitrogen and oxygen atoms in total. The molecule has 0 aliphatic rings. The number of Topliss-reactive ketones (excluding diaryl/α,β-unsaturated/α-hetero) is 1. The van der Waals surface area contributed by atoms with Gasteiger partial charge < -0.3 is 5.32 Å². The summed E-state index contributed by atoms with van der Waals surface area (Å²) >= 11 is 0. The minimum Gasteiger partial charge on any atom is -0.352 e. The van der Waals surface area contributed by atoms with E-state index in [2.05, 4.69) is 5.32 Å².